The van der Waals surface area contributed by atoms with Gasteiger partial charge < -0.3 is 10.5 Å². The van der Waals surface area contributed by atoms with Gasteiger partial charge in [0.05, 0.1) is 22.0 Å². The van der Waals surface area contributed by atoms with Crippen molar-refractivity contribution in [3.63, 3.8) is 0 Å². The third-order valence-electron chi connectivity index (χ3n) is 3.08. The number of benzene rings is 1. The van der Waals surface area contributed by atoms with E-state index in [-0.39, 0.29) is 11.6 Å². The number of hydrogen-bond donors (Lipinski definition) is 1. The maximum atomic E-state index is 6.29. The number of nitrogens with two attached hydrogens (primary N) is 1. The molecule has 2 aromatic rings. The largest absolute Gasteiger partial charge is 0.486 e. The summed E-state index contributed by atoms with van der Waals surface area (Å²) in [5, 5.41) is 5.52. The van der Waals surface area contributed by atoms with Gasteiger partial charge in [0.15, 0.2) is 0 Å². The van der Waals surface area contributed by atoms with Gasteiger partial charge in [0.2, 0.25) is 0 Å². The Bertz CT molecular complexity index is 685. The van der Waals surface area contributed by atoms with Gasteiger partial charge in [-0.1, -0.05) is 42.3 Å². The molecule has 0 bridgehead atoms. The molecule has 0 radical (unpaired) electrons. The molecule has 112 valence electrons. The van der Waals surface area contributed by atoms with Crippen molar-refractivity contribution >= 4 is 40.4 Å². The zero-order valence-electron chi connectivity index (χ0n) is 11.7. The number of thiocarbonyl (C=S) groups is 1. The Morgan fingerprint density at radius 3 is 2.71 bits per heavy atom. The number of rotatable bonds is 5. The Kier molecular flexibility index (Phi) is 5.08. The highest BCUT2D eigenvalue weighted by Gasteiger charge is 2.15. The number of nitrogens with zero attached hydrogens (tertiary/aromatic N) is 2. The first-order valence-electron chi connectivity index (χ1n) is 6.36. The van der Waals surface area contributed by atoms with Crippen LogP contribution in [-0.4, -0.2) is 14.8 Å². The Morgan fingerprint density at radius 2 is 2.14 bits per heavy atom. The lowest BCUT2D eigenvalue weighted by Crippen LogP contribution is -2.12. The van der Waals surface area contributed by atoms with Crippen molar-refractivity contribution in [1.82, 2.24) is 9.78 Å². The van der Waals surface area contributed by atoms with Crippen molar-refractivity contribution < 1.29 is 4.74 Å². The zero-order valence-corrected chi connectivity index (χ0v) is 14.0. The predicted octanol–water partition coefficient (Wildman–Crippen LogP) is 3.50. The van der Waals surface area contributed by atoms with Crippen molar-refractivity contribution in [3.05, 3.63) is 45.2 Å². The van der Waals surface area contributed by atoms with Gasteiger partial charge in [-0.3, -0.25) is 4.68 Å². The van der Waals surface area contributed by atoms with E-state index >= 15 is 0 Å². The number of halogens is 2. The first-order valence-corrected chi connectivity index (χ1v) is 7.52. The van der Waals surface area contributed by atoms with Crippen LogP contribution in [0.4, 0.5) is 0 Å². The molecule has 0 amide bonds. The van der Waals surface area contributed by atoms with E-state index in [0.717, 1.165) is 17.8 Å². The van der Waals surface area contributed by atoms with E-state index in [4.69, 9.17) is 45.9 Å². The molecule has 0 fully saturated rings. The molecule has 2 N–H and O–H groups in total. The number of aryl methyl sites for hydroxylation is 2. The van der Waals surface area contributed by atoms with Gasteiger partial charge in [0, 0.05) is 12.1 Å². The lowest BCUT2D eigenvalue weighted by Gasteiger charge is -2.11. The van der Waals surface area contributed by atoms with Crippen LogP contribution in [0, 0.1) is 0 Å². The van der Waals surface area contributed by atoms with Crippen LogP contribution in [0.3, 0.4) is 0 Å². The fourth-order valence-electron chi connectivity index (χ4n) is 1.94. The summed E-state index contributed by atoms with van der Waals surface area (Å²) in [4.78, 5) is 0.256. The molecule has 21 heavy (non-hydrogen) atoms. The summed E-state index contributed by atoms with van der Waals surface area (Å²) in [5.41, 5.74) is 7.97. The molecule has 0 aliphatic rings. The Hall–Kier alpha value is -1.30. The SMILES string of the molecule is CCc1nn(C)c(COc2cc(Cl)ccc2C(N)=S)c1Cl. The zero-order chi connectivity index (χ0) is 15.6. The van der Waals surface area contributed by atoms with Gasteiger partial charge in [0.1, 0.15) is 17.3 Å². The number of ether oxygens (including phenoxy) is 1. The summed E-state index contributed by atoms with van der Waals surface area (Å²) < 4.78 is 7.50. The molecule has 1 aromatic heterocycles. The van der Waals surface area contributed by atoms with Crippen LogP contribution in [0.5, 0.6) is 5.75 Å². The van der Waals surface area contributed by atoms with E-state index in [0.29, 0.717) is 21.4 Å². The van der Waals surface area contributed by atoms with Gasteiger partial charge in [-0.15, -0.1) is 0 Å². The highest BCUT2D eigenvalue weighted by Crippen LogP contribution is 2.26. The maximum absolute atomic E-state index is 6.29. The van der Waals surface area contributed by atoms with E-state index < -0.39 is 0 Å². The molecular weight excluding hydrogens is 329 g/mol. The van der Waals surface area contributed by atoms with Crippen LogP contribution in [0.1, 0.15) is 23.9 Å². The number of aromatic nitrogens is 2. The summed E-state index contributed by atoms with van der Waals surface area (Å²) in [7, 11) is 1.83. The van der Waals surface area contributed by atoms with Gasteiger partial charge in [-0.25, -0.2) is 0 Å². The predicted molar refractivity (Wildman–Crippen MR) is 89.3 cm³/mol. The van der Waals surface area contributed by atoms with Crippen molar-refractivity contribution in [1.29, 1.82) is 0 Å². The van der Waals surface area contributed by atoms with Crippen LogP contribution in [-0.2, 0) is 20.1 Å². The molecule has 7 heteroatoms. The minimum atomic E-state index is 0.256. The topological polar surface area (TPSA) is 53.1 Å². The highest BCUT2D eigenvalue weighted by molar-refractivity contribution is 7.80. The van der Waals surface area contributed by atoms with E-state index in [1.165, 1.54) is 0 Å². The van der Waals surface area contributed by atoms with Crippen LogP contribution < -0.4 is 10.5 Å². The van der Waals surface area contributed by atoms with Gasteiger partial charge >= 0.3 is 0 Å². The quantitative estimate of drug-likeness (QED) is 0.844. The molecule has 4 nitrogen and oxygen atoms in total. The minimum absolute atomic E-state index is 0.256. The second-order valence-corrected chi connectivity index (χ2v) is 5.73. The Balaban J connectivity index is 2.26. The highest BCUT2D eigenvalue weighted by atomic mass is 35.5. The molecule has 1 aromatic carbocycles. The first kappa shape index (κ1) is 16.1. The summed E-state index contributed by atoms with van der Waals surface area (Å²) in [6.07, 6.45) is 0.766. The minimum Gasteiger partial charge on any atom is -0.486 e. The molecule has 2 rings (SSSR count). The van der Waals surface area contributed by atoms with Gasteiger partial charge in [-0.05, 0) is 24.6 Å². The van der Waals surface area contributed by atoms with Crippen molar-refractivity contribution in [2.75, 3.05) is 0 Å². The second kappa shape index (κ2) is 6.64. The van der Waals surface area contributed by atoms with E-state index in [2.05, 4.69) is 5.10 Å². The molecule has 0 saturated heterocycles. The van der Waals surface area contributed by atoms with Crippen LogP contribution in [0.25, 0.3) is 0 Å². The van der Waals surface area contributed by atoms with Crippen LogP contribution in [0.15, 0.2) is 18.2 Å². The summed E-state index contributed by atoms with van der Waals surface area (Å²) in [6.45, 7) is 2.26. The van der Waals surface area contributed by atoms with Crippen LogP contribution >= 0.6 is 35.4 Å². The molecule has 0 aliphatic heterocycles. The molecule has 0 aliphatic carbocycles. The van der Waals surface area contributed by atoms with Gasteiger partial charge in [0.25, 0.3) is 0 Å². The third-order valence-corrected chi connectivity index (χ3v) is 3.97. The second-order valence-electron chi connectivity index (χ2n) is 4.48. The van der Waals surface area contributed by atoms with Crippen molar-refractivity contribution in [3.8, 4) is 5.75 Å². The summed E-state index contributed by atoms with van der Waals surface area (Å²) >= 11 is 17.3. The van der Waals surface area contributed by atoms with Crippen LogP contribution in [0.2, 0.25) is 10.0 Å². The molecular formula is C14H15Cl2N3OS. The smallest absolute Gasteiger partial charge is 0.131 e. The standard InChI is InChI=1S/C14H15Cl2N3OS/c1-3-10-13(16)11(19(2)18-10)7-20-12-6-8(15)4-5-9(12)14(17)21/h4-6H,3,7H2,1-2H3,(H2,17,21). The molecule has 0 spiro atoms. The lowest BCUT2D eigenvalue weighted by atomic mass is 10.2. The fraction of sp³-hybridized carbons (Fsp3) is 0.286. The molecule has 1 heterocycles. The molecule has 0 unspecified atom stereocenters. The van der Waals surface area contributed by atoms with E-state index in [1.54, 1.807) is 22.9 Å². The first-order chi connectivity index (χ1) is 9.93. The van der Waals surface area contributed by atoms with E-state index in [1.807, 2.05) is 14.0 Å². The molecule has 0 atom stereocenters. The van der Waals surface area contributed by atoms with Gasteiger partial charge in [-0.2, -0.15) is 5.10 Å². The average molecular weight is 344 g/mol. The Morgan fingerprint density at radius 1 is 1.43 bits per heavy atom. The normalized spacial score (nSPS) is 10.7. The summed E-state index contributed by atoms with van der Waals surface area (Å²) in [6, 6.07) is 5.14. The summed E-state index contributed by atoms with van der Waals surface area (Å²) in [5.74, 6) is 0.533. The monoisotopic (exact) mass is 343 g/mol. The lowest BCUT2D eigenvalue weighted by molar-refractivity contribution is 0.294. The number of hydrogen-bond acceptors (Lipinski definition) is 3. The fourth-order valence-corrected chi connectivity index (χ4v) is 2.62. The maximum Gasteiger partial charge on any atom is 0.131 e. The van der Waals surface area contributed by atoms with Crippen molar-refractivity contribution in [2.24, 2.45) is 12.8 Å². The Labute approximate surface area is 138 Å². The molecule has 0 saturated carbocycles. The van der Waals surface area contributed by atoms with E-state index in [9.17, 15) is 0 Å². The average Bonchev–Trinajstić information content (AvgIpc) is 2.71. The van der Waals surface area contributed by atoms with Crippen molar-refractivity contribution in [2.45, 2.75) is 20.0 Å². The third kappa shape index (κ3) is 3.48.